The number of thiazole rings is 2. The Hall–Kier alpha value is -1.27. The van der Waals surface area contributed by atoms with Gasteiger partial charge in [0.2, 0.25) is 0 Å². The van der Waals surface area contributed by atoms with Crippen LogP contribution in [0.1, 0.15) is 41.0 Å². The maximum atomic E-state index is 12.0. The van der Waals surface area contributed by atoms with E-state index in [1.54, 1.807) is 35.1 Å². The molecule has 2 aromatic heterocycles. The van der Waals surface area contributed by atoms with Crippen molar-refractivity contribution >= 4 is 28.6 Å². The highest BCUT2D eigenvalue weighted by atomic mass is 32.1. The Kier molecular flexibility index (Phi) is 4.88. The summed E-state index contributed by atoms with van der Waals surface area (Å²) < 4.78 is 5.10. The molecular formula is C14H18N2O2S2. The van der Waals surface area contributed by atoms with E-state index >= 15 is 0 Å². The Bertz CT molecular complexity index is 602. The van der Waals surface area contributed by atoms with Crippen LogP contribution in [0.3, 0.4) is 0 Å². The second kappa shape index (κ2) is 6.45. The van der Waals surface area contributed by atoms with Crippen molar-refractivity contribution in [3.63, 3.8) is 0 Å². The number of carbonyl (C=O) groups excluding carboxylic acids is 1. The Labute approximate surface area is 126 Å². The molecule has 0 aliphatic heterocycles. The summed E-state index contributed by atoms with van der Waals surface area (Å²) in [6.07, 6.45) is 0.828. The summed E-state index contributed by atoms with van der Waals surface area (Å²) in [5.41, 5.74) is 3.13. The first kappa shape index (κ1) is 15.1. The number of nitrogens with zero attached hydrogens (tertiary/aromatic N) is 2. The van der Waals surface area contributed by atoms with E-state index in [9.17, 15) is 4.79 Å². The lowest BCUT2D eigenvalue weighted by Gasteiger charge is -2.04. The molecule has 20 heavy (non-hydrogen) atoms. The zero-order valence-corrected chi connectivity index (χ0v) is 13.7. The van der Waals surface area contributed by atoms with Gasteiger partial charge in [-0.15, -0.1) is 22.7 Å². The second-order valence-corrected chi connectivity index (χ2v) is 7.01. The molecule has 6 heteroatoms. The zero-order valence-electron chi connectivity index (χ0n) is 12.1. The lowest BCUT2D eigenvalue weighted by molar-refractivity contribution is 0.0519. The average Bonchev–Trinajstić information content (AvgIpc) is 2.95. The highest BCUT2D eigenvalue weighted by Crippen LogP contribution is 2.32. The second-order valence-electron chi connectivity index (χ2n) is 4.87. The van der Waals surface area contributed by atoms with Gasteiger partial charge in [0.05, 0.1) is 12.1 Å². The normalized spacial score (nSPS) is 11.1. The van der Waals surface area contributed by atoms with Gasteiger partial charge < -0.3 is 4.74 Å². The van der Waals surface area contributed by atoms with Crippen molar-refractivity contribution in [1.82, 2.24) is 9.97 Å². The molecule has 0 fully saturated rings. The number of aryl methyl sites for hydroxylation is 1. The van der Waals surface area contributed by atoms with Crippen LogP contribution in [-0.2, 0) is 11.2 Å². The van der Waals surface area contributed by atoms with Gasteiger partial charge in [-0.1, -0.05) is 13.8 Å². The molecule has 0 N–H and O–H groups in total. The van der Waals surface area contributed by atoms with Crippen LogP contribution in [0, 0.1) is 12.8 Å². The van der Waals surface area contributed by atoms with Gasteiger partial charge in [-0.2, -0.15) is 0 Å². The molecule has 2 aromatic rings. The van der Waals surface area contributed by atoms with Gasteiger partial charge in [0.1, 0.15) is 10.7 Å². The van der Waals surface area contributed by atoms with E-state index in [0.29, 0.717) is 18.2 Å². The van der Waals surface area contributed by atoms with Gasteiger partial charge in [-0.3, -0.25) is 0 Å². The molecule has 2 heterocycles. The van der Waals surface area contributed by atoms with E-state index in [1.165, 1.54) is 0 Å². The minimum atomic E-state index is -0.335. The number of hydrogen-bond acceptors (Lipinski definition) is 6. The Morgan fingerprint density at radius 3 is 2.75 bits per heavy atom. The Morgan fingerprint density at radius 2 is 2.20 bits per heavy atom. The largest absolute Gasteiger partial charge is 0.461 e. The van der Waals surface area contributed by atoms with Gasteiger partial charge in [-0.25, -0.2) is 14.8 Å². The van der Waals surface area contributed by atoms with Gasteiger partial charge in [0.25, 0.3) is 0 Å². The third-order valence-corrected chi connectivity index (χ3v) is 4.55. The summed E-state index contributed by atoms with van der Waals surface area (Å²) in [6, 6.07) is 0. The molecule has 108 valence electrons. The highest BCUT2D eigenvalue weighted by Gasteiger charge is 2.22. The van der Waals surface area contributed by atoms with Crippen LogP contribution in [0.2, 0.25) is 0 Å². The first-order valence-corrected chi connectivity index (χ1v) is 8.29. The molecule has 4 nitrogen and oxygen atoms in total. The lowest BCUT2D eigenvalue weighted by Crippen LogP contribution is -2.08. The fraction of sp³-hybridized carbons (Fsp3) is 0.500. The summed E-state index contributed by atoms with van der Waals surface area (Å²) in [5.74, 6) is 0.131. The number of aromatic nitrogens is 2. The molecule has 0 saturated heterocycles. The zero-order chi connectivity index (χ0) is 14.7. The number of hydrogen-bond donors (Lipinski definition) is 0. The predicted octanol–water partition coefficient (Wildman–Crippen LogP) is 3.95. The molecule has 0 bridgehead atoms. The number of carbonyl (C=O) groups is 1. The smallest absolute Gasteiger partial charge is 0.358 e. The molecule has 0 aromatic carbocycles. The van der Waals surface area contributed by atoms with Crippen molar-refractivity contribution in [1.29, 1.82) is 0 Å². The van der Waals surface area contributed by atoms with Crippen molar-refractivity contribution in [2.24, 2.45) is 5.92 Å². The monoisotopic (exact) mass is 310 g/mol. The van der Waals surface area contributed by atoms with E-state index < -0.39 is 0 Å². The summed E-state index contributed by atoms with van der Waals surface area (Å²) in [5, 5.41) is 0.808. The van der Waals surface area contributed by atoms with Crippen molar-refractivity contribution in [3.05, 3.63) is 21.0 Å². The molecule has 0 spiro atoms. The van der Waals surface area contributed by atoms with Crippen LogP contribution in [0.4, 0.5) is 0 Å². The Balaban J connectivity index is 2.41. The fourth-order valence-corrected chi connectivity index (χ4v) is 3.79. The first-order chi connectivity index (χ1) is 9.52. The molecule has 0 amide bonds. The van der Waals surface area contributed by atoms with Crippen LogP contribution in [-0.4, -0.2) is 22.5 Å². The van der Waals surface area contributed by atoms with Crippen LogP contribution in [0.5, 0.6) is 0 Å². The van der Waals surface area contributed by atoms with E-state index in [-0.39, 0.29) is 5.97 Å². The molecular weight excluding hydrogens is 292 g/mol. The third-order valence-electron chi connectivity index (χ3n) is 2.71. The summed E-state index contributed by atoms with van der Waals surface area (Å²) in [4.78, 5) is 22.9. The highest BCUT2D eigenvalue weighted by molar-refractivity contribution is 7.16. The van der Waals surface area contributed by atoms with E-state index in [0.717, 1.165) is 26.9 Å². The topological polar surface area (TPSA) is 52.1 Å². The molecule has 0 unspecified atom stereocenters. The van der Waals surface area contributed by atoms with E-state index in [1.807, 2.05) is 6.92 Å². The minimum Gasteiger partial charge on any atom is -0.461 e. The van der Waals surface area contributed by atoms with E-state index in [4.69, 9.17) is 4.74 Å². The molecule has 0 aliphatic rings. The molecule has 2 rings (SSSR count). The maximum Gasteiger partial charge on any atom is 0.358 e. The summed E-state index contributed by atoms with van der Waals surface area (Å²) >= 11 is 3.13. The number of esters is 1. The molecule has 0 radical (unpaired) electrons. The SMILES string of the molecule is CCOC(=O)c1nc(-c2ncsc2C)sc1CC(C)C. The fourth-order valence-electron chi connectivity index (χ4n) is 1.83. The first-order valence-electron chi connectivity index (χ1n) is 6.60. The number of ether oxygens (including phenoxy) is 1. The van der Waals surface area contributed by atoms with E-state index in [2.05, 4.69) is 23.8 Å². The average molecular weight is 310 g/mol. The van der Waals surface area contributed by atoms with Crippen molar-refractivity contribution < 1.29 is 9.53 Å². The van der Waals surface area contributed by atoms with Gasteiger partial charge in [0.15, 0.2) is 5.69 Å². The molecule has 0 saturated carbocycles. The van der Waals surface area contributed by atoms with Gasteiger partial charge in [-0.05, 0) is 26.2 Å². The Morgan fingerprint density at radius 1 is 1.45 bits per heavy atom. The molecule has 0 aliphatic carbocycles. The van der Waals surface area contributed by atoms with Crippen LogP contribution in [0.25, 0.3) is 10.7 Å². The summed E-state index contributed by atoms with van der Waals surface area (Å²) in [7, 11) is 0. The lowest BCUT2D eigenvalue weighted by atomic mass is 10.1. The maximum absolute atomic E-state index is 12.0. The van der Waals surface area contributed by atoms with Crippen LogP contribution in [0.15, 0.2) is 5.51 Å². The predicted molar refractivity (Wildman–Crippen MR) is 82.5 cm³/mol. The third kappa shape index (κ3) is 3.24. The molecule has 0 atom stereocenters. The van der Waals surface area contributed by atoms with Crippen LogP contribution >= 0.6 is 22.7 Å². The summed E-state index contributed by atoms with van der Waals surface area (Å²) in [6.45, 7) is 8.44. The van der Waals surface area contributed by atoms with Crippen molar-refractivity contribution in [3.8, 4) is 10.7 Å². The van der Waals surface area contributed by atoms with Gasteiger partial charge in [0, 0.05) is 9.75 Å². The van der Waals surface area contributed by atoms with Gasteiger partial charge >= 0.3 is 5.97 Å². The minimum absolute atomic E-state index is 0.335. The van der Waals surface area contributed by atoms with Crippen molar-refractivity contribution in [2.45, 2.75) is 34.1 Å². The van der Waals surface area contributed by atoms with Crippen LogP contribution < -0.4 is 0 Å². The standard InChI is InChI=1S/C14H18N2O2S2/c1-5-18-14(17)12-10(6-8(2)3)20-13(16-12)11-9(4)19-7-15-11/h7-8H,5-6H2,1-4H3. The number of rotatable bonds is 5. The quantitative estimate of drug-likeness (QED) is 0.785. The van der Waals surface area contributed by atoms with Crippen molar-refractivity contribution in [2.75, 3.05) is 6.61 Å².